The summed E-state index contributed by atoms with van der Waals surface area (Å²) in [6, 6.07) is 0. The molecule has 2 atom stereocenters. The van der Waals surface area contributed by atoms with Gasteiger partial charge in [0.05, 0.1) is 11.7 Å². The molecule has 1 saturated heterocycles. The first kappa shape index (κ1) is 11.7. The maximum Gasteiger partial charge on any atom is 0.411 e. The minimum absolute atomic E-state index is 0.253. The Bertz CT molecular complexity index is 194. The van der Waals surface area contributed by atoms with Crippen molar-refractivity contribution in [3.63, 3.8) is 0 Å². The van der Waals surface area contributed by atoms with Gasteiger partial charge in [0.2, 0.25) is 0 Å². The van der Waals surface area contributed by atoms with Crippen molar-refractivity contribution in [1.82, 2.24) is 5.32 Å². The van der Waals surface area contributed by atoms with E-state index in [1.807, 2.05) is 0 Å². The van der Waals surface area contributed by atoms with E-state index in [-0.39, 0.29) is 6.54 Å². The molecule has 84 valence electrons. The Labute approximate surface area is 80.2 Å². The molecule has 0 radical (unpaired) electrons. The van der Waals surface area contributed by atoms with Crippen molar-refractivity contribution in [3.05, 3.63) is 0 Å². The van der Waals surface area contributed by atoms with Gasteiger partial charge in [0.25, 0.3) is 0 Å². The minimum atomic E-state index is -4.34. The van der Waals surface area contributed by atoms with E-state index < -0.39 is 24.5 Å². The molecule has 14 heavy (non-hydrogen) atoms. The van der Waals surface area contributed by atoms with Gasteiger partial charge in [0, 0.05) is 6.54 Å². The van der Waals surface area contributed by atoms with Crippen molar-refractivity contribution >= 4 is 0 Å². The molecular formula is C8H14F3NO2. The molecule has 1 aliphatic heterocycles. The predicted octanol–water partition coefficient (Wildman–Crippen LogP) is 0.678. The maximum absolute atomic E-state index is 11.8. The Kier molecular flexibility index (Phi) is 3.39. The first-order chi connectivity index (χ1) is 6.31. The van der Waals surface area contributed by atoms with Crippen LogP contribution in [0, 0.1) is 0 Å². The number of aliphatic hydroxyl groups is 1. The SMILES string of the molecule is CC1(O)CCNCC1OCC(F)(F)F. The monoisotopic (exact) mass is 213 g/mol. The van der Waals surface area contributed by atoms with E-state index in [1.54, 1.807) is 0 Å². The highest BCUT2D eigenvalue weighted by Gasteiger charge is 2.38. The van der Waals surface area contributed by atoms with Crippen LogP contribution in [0.5, 0.6) is 0 Å². The molecule has 2 N–H and O–H groups in total. The number of ether oxygens (including phenoxy) is 1. The third-order valence-electron chi connectivity index (χ3n) is 2.28. The molecule has 0 bridgehead atoms. The number of halogens is 3. The summed E-state index contributed by atoms with van der Waals surface area (Å²) in [4.78, 5) is 0. The highest BCUT2D eigenvalue weighted by atomic mass is 19.4. The fraction of sp³-hybridized carbons (Fsp3) is 1.00. The lowest BCUT2D eigenvalue weighted by atomic mass is 9.92. The van der Waals surface area contributed by atoms with Crippen molar-refractivity contribution in [1.29, 1.82) is 0 Å². The zero-order valence-electron chi connectivity index (χ0n) is 7.90. The lowest BCUT2D eigenvalue weighted by Crippen LogP contribution is -2.54. The quantitative estimate of drug-likeness (QED) is 0.708. The molecule has 2 unspecified atom stereocenters. The zero-order valence-corrected chi connectivity index (χ0v) is 7.90. The van der Waals surface area contributed by atoms with E-state index in [4.69, 9.17) is 0 Å². The number of hydrogen-bond donors (Lipinski definition) is 2. The van der Waals surface area contributed by atoms with Gasteiger partial charge in [0.15, 0.2) is 0 Å². The molecule has 1 heterocycles. The Morgan fingerprint density at radius 3 is 2.71 bits per heavy atom. The standard InChI is InChI=1S/C8H14F3NO2/c1-7(13)2-3-12-4-6(7)14-5-8(9,10)11/h6,12-13H,2-5H2,1H3. The van der Waals surface area contributed by atoms with Gasteiger partial charge in [-0.3, -0.25) is 0 Å². The smallest absolute Gasteiger partial charge is 0.387 e. The van der Waals surface area contributed by atoms with E-state index in [0.717, 1.165) is 0 Å². The Morgan fingerprint density at radius 2 is 2.21 bits per heavy atom. The summed E-state index contributed by atoms with van der Waals surface area (Å²) in [5.41, 5.74) is -1.17. The van der Waals surface area contributed by atoms with Crippen LogP contribution in [0.3, 0.4) is 0 Å². The predicted molar refractivity (Wildman–Crippen MR) is 43.9 cm³/mol. The first-order valence-corrected chi connectivity index (χ1v) is 4.43. The Balaban J connectivity index is 2.42. The molecule has 3 nitrogen and oxygen atoms in total. The molecule has 6 heteroatoms. The number of alkyl halides is 3. The second-order valence-corrected chi connectivity index (χ2v) is 3.73. The average molecular weight is 213 g/mol. The van der Waals surface area contributed by atoms with Gasteiger partial charge in [-0.1, -0.05) is 0 Å². The molecule has 0 amide bonds. The number of rotatable bonds is 2. The summed E-state index contributed by atoms with van der Waals surface area (Å²) in [5, 5.41) is 12.6. The van der Waals surface area contributed by atoms with Crippen LogP contribution in [0.1, 0.15) is 13.3 Å². The summed E-state index contributed by atoms with van der Waals surface area (Å²) in [6.07, 6.45) is -4.74. The fourth-order valence-electron chi connectivity index (χ4n) is 1.39. The zero-order chi connectivity index (χ0) is 10.8. The van der Waals surface area contributed by atoms with Crippen LogP contribution >= 0.6 is 0 Å². The molecule has 1 fully saturated rings. The molecule has 1 aliphatic rings. The molecule has 1 rings (SSSR count). The van der Waals surface area contributed by atoms with Crippen LogP contribution < -0.4 is 5.32 Å². The van der Waals surface area contributed by atoms with Crippen LogP contribution in [0.2, 0.25) is 0 Å². The van der Waals surface area contributed by atoms with E-state index in [2.05, 4.69) is 10.1 Å². The third-order valence-corrected chi connectivity index (χ3v) is 2.28. The lowest BCUT2D eigenvalue weighted by molar-refractivity contribution is -0.209. The van der Waals surface area contributed by atoms with Crippen molar-refractivity contribution in [3.8, 4) is 0 Å². The Morgan fingerprint density at radius 1 is 1.57 bits per heavy atom. The number of hydrogen-bond acceptors (Lipinski definition) is 3. The number of piperidine rings is 1. The van der Waals surface area contributed by atoms with Crippen molar-refractivity contribution in [2.24, 2.45) is 0 Å². The van der Waals surface area contributed by atoms with Gasteiger partial charge >= 0.3 is 6.18 Å². The largest absolute Gasteiger partial charge is 0.411 e. The van der Waals surface area contributed by atoms with E-state index in [9.17, 15) is 18.3 Å². The molecular weight excluding hydrogens is 199 g/mol. The summed E-state index contributed by atoms with van der Waals surface area (Å²) >= 11 is 0. The highest BCUT2D eigenvalue weighted by molar-refractivity contribution is 4.89. The molecule has 0 aromatic carbocycles. The van der Waals surface area contributed by atoms with E-state index in [0.29, 0.717) is 13.0 Å². The fourth-order valence-corrected chi connectivity index (χ4v) is 1.39. The molecule has 0 aromatic rings. The second kappa shape index (κ2) is 4.04. The topological polar surface area (TPSA) is 41.5 Å². The van der Waals surface area contributed by atoms with Gasteiger partial charge < -0.3 is 15.2 Å². The molecule has 0 aromatic heterocycles. The molecule has 0 saturated carbocycles. The average Bonchev–Trinajstić information content (AvgIpc) is 2.00. The van der Waals surface area contributed by atoms with Crippen LogP contribution in [0.4, 0.5) is 13.2 Å². The van der Waals surface area contributed by atoms with E-state index >= 15 is 0 Å². The van der Waals surface area contributed by atoms with Gasteiger partial charge in [0.1, 0.15) is 6.61 Å². The molecule has 0 spiro atoms. The summed E-state index contributed by atoms with van der Waals surface area (Å²) in [7, 11) is 0. The first-order valence-electron chi connectivity index (χ1n) is 4.43. The summed E-state index contributed by atoms with van der Waals surface area (Å²) < 4.78 is 40.1. The minimum Gasteiger partial charge on any atom is -0.387 e. The van der Waals surface area contributed by atoms with Crippen LogP contribution in [-0.2, 0) is 4.74 Å². The number of nitrogens with one attached hydrogen (secondary N) is 1. The summed E-state index contributed by atoms with van der Waals surface area (Å²) in [6.45, 7) is 1.03. The van der Waals surface area contributed by atoms with E-state index in [1.165, 1.54) is 6.92 Å². The summed E-state index contributed by atoms with van der Waals surface area (Å²) in [5.74, 6) is 0. The van der Waals surface area contributed by atoms with Gasteiger partial charge in [-0.15, -0.1) is 0 Å². The van der Waals surface area contributed by atoms with Crippen LogP contribution in [-0.4, -0.2) is 42.7 Å². The second-order valence-electron chi connectivity index (χ2n) is 3.73. The molecule has 0 aliphatic carbocycles. The normalized spacial score (nSPS) is 34.5. The van der Waals surface area contributed by atoms with Gasteiger partial charge in [-0.05, 0) is 19.9 Å². The van der Waals surface area contributed by atoms with Crippen molar-refractivity contribution < 1.29 is 23.0 Å². The van der Waals surface area contributed by atoms with Crippen molar-refractivity contribution in [2.75, 3.05) is 19.7 Å². The lowest BCUT2D eigenvalue weighted by Gasteiger charge is -2.37. The van der Waals surface area contributed by atoms with Crippen LogP contribution in [0.15, 0.2) is 0 Å². The third kappa shape index (κ3) is 3.43. The van der Waals surface area contributed by atoms with Gasteiger partial charge in [-0.2, -0.15) is 13.2 Å². The van der Waals surface area contributed by atoms with Crippen molar-refractivity contribution in [2.45, 2.75) is 31.2 Å². The Hall–Kier alpha value is -0.330. The van der Waals surface area contributed by atoms with Crippen LogP contribution in [0.25, 0.3) is 0 Å². The highest BCUT2D eigenvalue weighted by Crippen LogP contribution is 2.23. The van der Waals surface area contributed by atoms with Gasteiger partial charge in [-0.25, -0.2) is 0 Å². The maximum atomic E-state index is 11.8.